The van der Waals surface area contributed by atoms with E-state index in [1.54, 1.807) is 0 Å². The van der Waals surface area contributed by atoms with Gasteiger partial charge in [0.1, 0.15) is 11.2 Å². The molecule has 30 heavy (non-hydrogen) atoms. The van der Waals surface area contributed by atoms with Crippen molar-refractivity contribution >= 4 is 44.3 Å². The number of hydrogen-bond acceptors (Lipinski definition) is 1. The van der Waals surface area contributed by atoms with E-state index in [4.69, 9.17) is 16.0 Å². The van der Waals surface area contributed by atoms with E-state index in [1.807, 2.05) is 36.4 Å². The summed E-state index contributed by atoms with van der Waals surface area (Å²) in [5.74, 6) is 0. The van der Waals surface area contributed by atoms with Crippen LogP contribution in [0, 0.1) is 0 Å². The third kappa shape index (κ3) is 2.79. The summed E-state index contributed by atoms with van der Waals surface area (Å²) in [5, 5.41) is 5.49. The highest BCUT2D eigenvalue weighted by Crippen LogP contribution is 2.37. The van der Waals surface area contributed by atoms with Gasteiger partial charge in [0, 0.05) is 15.8 Å². The molecule has 5 aromatic carbocycles. The zero-order valence-electron chi connectivity index (χ0n) is 16.1. The number of halogens is 1. The van der Waals surface area contributed by atoms with Crippen LogP contribution >= 0.6 is 11.6 Å². The Bertz CT molecular complexity index is 1560. The Hall–Kier alpha value is -3.55. The lowest BCUT2D eigenvalue weighted by atomic mass is 9.95. The molecule has 6 rings (SSSR count). The lowest BCUT2D eigenvalue weighted by Crippen LogP contribution is -1.83. The second kappa shape index (κ2) is 6.76. The number of furan rings is 1. The minimum Gasteiger partial charge on any atom is -0.456 e. The average Bonchev–Trinajstić information content (AvgIpc) is 3.17. The second-order valence-corrected chi connectivity index (χ2v) is 8.00. The second-order valence-electron chi connectivity index (χ2n) is 7.56. The van der Waals surface area contributed by atoms with Gasteiger partial charge < -0.3 is 4.42 Å². The van der Waals surface area contributed by atoms with Gasteiger partial charge in [0.2, 0.25) is 0 Å². The van der Waals surface area contributed by atoms with Crippen molar-refractivity contribution in [3.05, 3.63) is 108 Å². The molecule has 0 aliphatic heterocycles. The summed E-state index contributed by atoms with van der Waals surface area (Å²) in [6.07, 6.45) is 0. The molecule has 142 valence electrons. The van der Waals surface area contributed by atoms with Gasteiger partial charge in [0.25, 0.3) is 0 Å². The summed E-state index contributed by atoms with van der Waals surface area (Å²) in [6.45, 7) is 0. The fourth-order valence-electron chi connectivity index (χ4n) is 4.28. The topological polar surface area (TPSA) is 13.1 Å². The molecule has 2 heteroatoms. The molecule has 0 saturated carbocycles. The third-order valence-electron chi connectivity index (χ3n) is 5.71. The maximum atomic E-state index is 6.17. The molecule has 0 amide bonds. The monoisotopic (exact) mass is 404 g/mol. The van der Waals surface area contributed by atoms with Crippen molar-refractivity contribution in [1.29, 1.82) is 0 Å². The van der Waals surface area contributed by atoms with Crippen molar-refractivity contribution in [3.8, 4) is 22.3 Å². The highest BCUT2D eigenvalue weighted by molar-refractivity contribution is 6.30. The van der Waals surface area contributed by atoms with Gasteiger partial charge in [-0.05, 0) is 69.4 Å². The van der Waals surface area contributed by atoms with Crippen LogP contribution in [0.25, 0.3) is 55.0 Å². The molecule has 0 radical (unpaired) electrons. The number of hydrogen-bond donors (Lipinski definition) is 0. The van der Waals surface area contributed by atoms with Crippen LogP contribution in [0.4, 0.5) is 0 Å². The van der Waals surface area contributed by atoms with Gasteiger partial charge in [-0.25, -0.2) is 0 Å². The van der Waals surface area contributed by atoms with Crippen LogP contribution in [0.3, 0.4) is 0 Å². The van der Waals surface area contributed by atoms with E-state index >= 15 is 0 Å². The van der Waals surface area contributed by atoms with Crippen molar-refractivity contribution in [2.75, 3.05) is 0 Å². The van der Waals surface area contributed by atoms with Crippen molar-refractivity contribution < 1.29 is 4.42 Å². The van der Waals surface area contributed by atoms with Crippen molar-refractivity contribution in [2.45, 2.75) is 0 Å². The standard InChI is InChI=1S/C28H17ClO/c29-23-6-3-5-18(17-23)19-11-12-21-16-22(14-13-20(21)15-19)24-8-4-10-27-28(24)25-7-1-2-9-26(25)30-27/h1-17H. The smallest absolute Gasteiger partial charge is 0.136 e. The summed E-state index contributed by atoms with van der Waals surface area (Å²) >= 11 is 6.17. The fourth-order valence-corrected chi connectivity index (χ4v) is 4.47. The van der Waals surface area contributed by atoms with Crippen LogP contribution in [0.15, 0.2) is 108 Å². The first-order valence-corrected chi connectivity index (χ1v) is 10.3. The first-order valence-electron chi connectivity index (χ1n) is 9.97. The minimum atomic E-state index is 0.753. The quantitative estimate of drug-likeness (QED) is 0.281. The highest BCUT2D eigenvalue weighted by atomic mass is 35.5. The predicted octanol–water partition coefficient (Wildman–Crippen LogP) is 8.73. The Kier molecular flexibility index (Phi) is 3.90. The van der Waals surface area contributed by atoms with Gasteiger partial charge in [0.05, 0.1) is 0 Å². The molecule has 1 nitrogen and oxygen atoms in total. The Balaban J connectivity index is 1.52. The van der Waals surface area contributed by atoms with Crippen LogP contribution in [0.1, 0.15) is 0 Å². The third-order valence-corrected chi connectivity index (χ3v) is 5.95. The molecule has 0 unspecified atom stereocenters. The average molecular weight is 405 g/mol. The highest BCUT2D eigenvalue weighted by Gasteiger charge is 2.12. The Labute approximate surface area is 179 Å². The van der Waals surface area contributed by atoms with E-state index in [2.05, 4.69) is 66.7 Å². The molecule has 1 aromatic heterocycles. The molecule has 1 heterocycles. The van der Waals surface area contributed by atoms with E-state index in [9.17, 15) is 0 Å². The molecule has 6 aromatic rings. The van der Waals surface area contributed by atoms with E-state index in [1.165, 1.54) is 32.8 Å². The summed E-state index contributed by atoms with van der Waals surface area (Å²) in [4.78, 5) is 0. The van der Waals surface area contributed by atoms with Crippen LogP contribution in [-0.2, 0) is 0 Å². The summed E-state index contributed by atoms with van der Waals surface area (Å²) in [6, 6.07) is 35.7. The lowest BCUT2D eigenvalue weighted by molar-refractivity contribution is 0.669. The van der Waals surface area contributed by atoms with Gasteiger partial charge in [-0.2, -0.15) is 0 Å². The summed E-state index contributed by atoms with van der Waals surface area (Å²) in [5.41, 5.74) is 6.52. The van der Waals surface area contributed by atoms with Crippen molar-refractivity contribution in [3.63, 3.8) is 0 Å². The SMILES string of the molecule is Clc1cccc(-c2ccc3cc(-c4cccc5oc6ccccc6c45)ccc3c2)c1. The Morgan fingerprint density at radius 1 is 0.533 bits per heavy atom. The van der Waals surface area contributed by atoms with E-state index in [0.717, 1.165) is 27.1 Å². The van der Waals surface area contributed by atoms with E-state index in [0.29, 0.717) is 0 Å². The van der Waals surface area contributed by atoms with Gasteiger partial charge in [-0.15, -0.1) is 0 Å². The first-order chi connectivity index (χ1) is 14.8. The minimum absolute atomic E-state index is 0.753. The maximum Gasteiger partial charge on any atom is 0.136 e. The molecule has 0 N–H and O–H groups in total. The van der Waals surface area contributed by atoms with Crippen LogP contribution in [0.2, 0.25) is 5.02 Å². The van der Waals surface area contributed by atoms with Crippen LogP contribution in [0.5, 0.6) is 0 Å². The van der Waals surface area contributed by atoms with E-state index in [-0.39, 0.29) is 0 Å². The zero-order valence-corrected chi connectivity index (χ0v) is 16.9. The fraction of sp³-hybridized carbons (Fsp3) is 0. The lowest BCUT2D eigenvalue weighted by Gasteiger charge is -2.08. The molecular formula is C28H17ClO. The molecule has 0 saturated heterocycles. The summed E-state index contributed by atoms with van der Waals surface area (Å²) in [7, 11) is 0. The Morgan fingerprint density at radius 3 is 2.10 bits per heavy atom. The predicted molar refractivity (Wildman–Crippen MR) is 127 cm³/mol. The number of fused-ring (bicyclic) bond motifs is 4. The van der Waals surface area contributed by atoms with Gasteiger partial charge in [0.15, 0.2) is 0 Å². The zero-order chi connectivity index (χ0) is 20.1. The van der Waals surface area contributed by atoms with E-state index < -0.39 is 0 Å². The van der Waals surface area contributed by atoms with Gasteiger partial charge in [-0.3, -0.25) is 0 Å². The summed E-state index contributed by atoms with van der Waals surface area (Å²) < 4.78 is 6.07. The normalized spacial score (nSPS) is 11.5. The number of para-hydroxylation sites is 1. The largest absolute Gasteiger partial charge is 0.456 e. The van der Waals surface area contributed by atoms with Crippen molar-refractivity contribution in [1.82, 2.24) is 0 Å². The van der Waals surface area contributed by atoms with Crippen molar-refractivity contribution in [2.24, 2.45) is 0 Å². The van der Waals surface area contributed by atoms with Crippen LogP contribution in [-0.4, -0.2) is 0 Å². The number of benzene rings is 5. The number of rotatable bonds is 2. The van der Waals surface area contributed by atoms with Gasteiger partial charge in [-0.1, -0.05) is 78.3 Å². The molecule has 0 spiro atoms. The Morgan fingerprint density at radius 2 is 1.23 bits per heavy atom. The molecule has 0 aliphatic carbocycles. The molecule has 0 bridgehead atoms. The molecule has 0 atom stereocenters. The molecular weight excluding hydrogens is 388 g/mol. The van der Waals surface area contributed by atoms with Crippen LogP contribution < -0.4 is 0 Å². The molecule has 0 fully saturated rings. The maximum absolute atomic E-state index is 6.17. The van der Waals surface area contributed by atoms with Gasteiger partial charge >= 0.3 is 0 Å². The first kappa shape index (κ1) is 17.3. The molecule has 0 aliphatic rings.